The van der Waals surface area contributed by atoms with Crippen LogP contribution in [0.15, 0.2) is 0 Å². The predicted molar refractivity (Wildman–Crippen MR) is 64.2 cm³/mol. The van der Waals surface area contributed by atoms with Crippen LogP contribution in [-0.4, -0.2) is 35.2 Å². The van der Waals surface area contributed by atoms with Gasteiger partial charge in [0, 0.05) is 12.1 Å². The Bertz CT molecular complexity index is 245. The molecule has 0 aromatic heterocycles. The Morgan fingerprint density at radius 1 is 1.56 bits per heavy atom. The van der Waals surface area contributed by atoms with Crippen LogP contribution in [0.1, 0.15) is 46.5 Å². The Kier molecular flexibility index (Phi) is 4.33. The highest BCUT2D eigenvalue weighted by Crippen LogP contribution is 2.24. The summed E-state index contributed by atoms with van der Waals surface area (Å²) in [5.74, 6) is 0.0750. The normalized spacial score (nSPS) is 25.8. The van der Waals surface area contributed by atoms with Crippen LogP contribution < -0.4 is 10.6 Å². The zero-order valence-electron chi connectivity index (χ0n) is 10.6. The number of hydrogen-bond acceptors (Lipinski definition) is 3. The average Bonchev–Trinajstić information content (AvgIpc) is 2.66. The maximum absolute atomic E-state index is 12.2. The van der Waals surface area contributed by atoms with Crippen LogP contribution >= 0.6 is 0 Å². The first-order valence-electron chi connectivity index (χ1n) is 6.14. The molecule has 1 atom stereocenters. The van der Waals surface area contributed by atoms with Crippen molar-refractivity contribution in [1.29, 1.82) is 0 Å². The van der Waals surface area contributed by atoms with E-state index in [1.54, 1.807) is 0 Å². The van der Waals surface area contributed by atoms with E-state index in [4.69, 9.17) is 5.11 Å². The summed E-state index contributed by atoms with van der Waals surface area (Å²) in [6.45, 7) is 6.94. The molecule has 1 rings (SSSR count). The molecule has 4 nitrogen and oxygen atoms in total. The molecule has 0 radical (unpaired) electrons. The minimum Gasteiger partial charge on any atom is -0.396 e. The topological polar surface area (TPSA) is 61.4 Å². The van der Waals surface area contributed by atoms with E-state index in [1.807, 2.05) is 20.8 Å². The molecule has 1 amide bonds. The van der Waals surface area contributed by atoms with E-state index in [0.717, 1.165) is 25.8 Å². The third kappa shape index (κ3) is 2.95. The van der Waals surface area contributed by atoms with Crippen molar-refractivity contribution in [2.45, 2.75) is 57.5 Å². The lowest BCUT2D eigenvalue weighted by Gasteiger charge is -2.33. The number of nitrogens with one attached hydrogen (secondary N) is 2. The fraction of sp³-hybridized carbons (Fsp3) is 0.917. The van der Waals surface area contributed by atoms with Crippen LogP contribution in [0.25, 0.3) is 0 Å². The van der Waals surface area contributed by atoms with Crippen molar-refractivity contribution in [1.82, 2.24) is 10.6 Å². The Morgan fingerprint density at radius 3 is 2.69 bits per heavy atom. The fourth-order valence-corrected chi connectivity index (χ4v) is 2.23. The van der Waals surface area contributed by atoms with Crippen molar-refractivity contribution in [2.24, 2.45) is 0 Å². The predicted octanol–water partition coefficient (Wildman–Crippen LogP) is 0.796. The number of amides is 1. The fourth-order valence-electron chi connectivity index (χ4n) is 2.23. The van der Waals surface area contributed by atoms with E-state index in [1.165, 1.54) is 0 Å². The molecule has 94 valence electrons. The van der Waals surface area contributed by atoms with Crippen molar-refractivity contribution in [3.8, 4) is 0 Å². The molecule has 1 heterocycles. The number of carbonyl (C=O) groups is 1. The van der Waals surface area contributed by atoms with Crippen molar-refractivity contribution >= 4 is 5.91 Å². The monoisotopic (exact) mass is 228 g/mol. The molecule has 0 saturated carbocycles. The first kappa shape index (κ1) is 13.5. The summed E-state index contributed by atoms with van der Waals surface area (Å²) in [4.78, 5) is 12.2. The Balaban J connectivity index is 2.63. The van der Waals surface area contributed by atoms with E-state index in [0.29, 0.717) is 6.42 Å². The smallest absolute Gasteiger partial charge is 0.240 e. The van der Waals surface area contributed by atoms with Gasteiger partial charge in [0.25, 0.3) is 0 Å². The van der Waals surface area contributed by atoms with Crippen LogP contribution in [0.4, 0.5) is 0 Å². The highest BCUT2D eigenvalue weighted by molar-refractivity contribution is 5.87. The summed E-state index contributed by atoms with van der Waals surface area (Å²) in [5.41, 5.74) is -0.717. The van der Waals surface area contributed by atoms with E-state index in [-0.39, 0.29) is 23.6 Å². The highest BCUT2D eigenvalue weighted by Gasteiger charge is 2.40. The molecular formula is C12H24N2O2. The number of aliphatic hydroxyl groups excluding tert-OH is 1. The van der Waals surface area contributed by atoms with Crippen molar-refractivity contribution in [3.05, 3.63) is 0 Å². The molecule has 4 heteroatoms. The van der Waals surface area contributed by atoms with Crippen molar-refractivity contribution in [3.63, 3.8) is 0 Å². The van der Waals surface area contributed by atoms with E-state index in [2.05, 4.69) is 10.6 Å². The van der Waals surface area contributed by atoms with Gasteiger partial charge >= 0.3 is 0 Å². The molecule has 0 aromatic carbocycles. The second-order valence-corrected chi connectivity index (χ2v) is 5.28. The number of hydrogen-bond donors (Lipinski definition) is 3. The Morgan fingerprint density at radius 2 is 2.25 bits per heavy atom. The summed E-state index contributed by atoms with van der Waals surface area (Å²) in [6.07, 6.45) is 3.36. The molecular weight excluding hydrogens is 204 g/mol. The van der Waals surface area contributed by atoms with Crippen molar-refractivity contribution in [2.75, 3.05) is 13.2 Å². The van der Waals surface area contributed by atoms with Crippen LogP contribution in [0.2, 0.25) is 0 Å². The molecule has 1 aliphatic rings. The van der Waals surface area contributed by atoms with Gasteiger partial charge in [0.1, 0.15) is 0 Å². The van der Waals surface area contributed by atoms with Crippen LogP contribution in [0, 0.1) is 0 Å². The zero-order chi connectivity index (χ0) is 12.2. The second-order valence-electron chi connectivity index (χ2n) is 5.28. The zero-order valence-corrected chi connectivity index (χ0v) is 10.6. The second kappa shape index (κ2) is 5.15. The summed E-state index contributed by atoms with van der Waals surface area (Å²) >= 11 is 0. The number of carbonyl (C=O) groups excluding carboxylic acids is 1. The molecule has 1 fully saturated rings. The molecule has 3 N–H and O–H groups in total. The largest absolute Gasteiger partial charge is 0.396 e. The van der Waals surface area contributed by atoms with Gasteiger partial charge in [0.15, 0.2) is 0 Å². The maximum atomic E-state index is 12.2. The Labute approximate surface area is 97.8 Å². The molecule has 16 heavy (non-hydrogen) atoms. The lowest BCUT2D eigenvalue weighted by molar-refractivity contribution is -0.129. The SMILES string of the molecule is CCC1(C(=O)NC(C)(C)CCO)CCCN1. The van der Waals surface area contributed by atoms with Crippen LogP contribution in [0.5, 0.6) is 0 Å². The van der Waals surface area contributed by atoms with Gasteiger partial charge in [0.05, 0.1) is 5.54 Å². The van der Waals surface area contributed by atoms with Gasteiger partial charge in [0.2, 0.25) is 5.91 Å². The molecule has 1 saturated heterocycles. The number of aliphatic hydroxyl groups is 1. The summed E-state index contributed by atoms with van der Waals surface area (Å²) < 4.78 is 0. The van der Waals surface area contributed by atoms with Crippen LogP contribution in [0.3, 0.4) is 0 Å². The van der Waals surface area contributed by atoms with Crippen molar-refractivity contribution < 1.29 is 9.90 Å². The van der Waals surface area contributed by atoms with Gasteiger partial charge in [-0.1, -0.05) is 6.92 Å². The lowest BCUT2D eigenvalue weighted by atomic mass is 9.91. The quantitative estimate of drug-likeness (QED) is 0.652. The van der Waals surface area contributed by atoms with E-state index in [9.17, 15) is 4.79 Å². The lowest BCUT2D eigenvalue weighted by Crippen LogP contribution is -2.58. The molecule has 1 aliphatic heterocycles. The molecule has 1 unspecified atom stereocenters. The van der Waals surface area contributed by atoms with Gasteiger partial charge in [-0.25, -0.2) is 0 Å². The summed E-state index contributed by atoms with van der Waals surface area (Å²) in [6, 6.07) is 0. The standard InChI is InChI=1S/C12H24N2O2/c1-4-12(6-5-8-13-12)10(16)14-11(2,3)7-9-15/h13,15H,4-9H2,1-3H3,(H,14,16). The number of rotatable bonds is 5. The summed E-state index contributed by atoms with van der Waals surface area (Å²) in [7, 11) is 0. The molecule has 0 aromatic rings. The van der Waals surface area contributed by atoms with E-state index >= 15 is 0 Å². The Hall–Kier alpha value is -0.610. The van der Waals surface area contributed by atoms with Gasteiger partial charge in [-0.2, -0.15) is 0 Å². The highest BCUT2D eigenvalue weighted by atomic mass is 16.3. The van der Waals surface area contributed by atoms with Crippen LogP contribution in [-0.2, 0) is 4.79 Å². The third-order valence-electron chi connectivity index (χ3n) is 3.47. The minimum atomic E-state index is -0.382. The van der Waals surface area contributed by atoms with E-state index < -0.39 is 0 Å². The minimum absolute atomic E-state index is 0.0750. The first-order chi connectivity index (χ1) is 7.46. The maximum Gasteiger partial charge on any atom is 0.240 e. The van der Waals surface area contributed by atoms with Gasteiger partial charge in [-0.05, 0) is 46.1 Å². The first-order valence-corrected chi connectivity index (χ1v) is 6.14. The average molecular weight is 228 g/mol. The third-order valence-corrected chi connectivity index (χ3v) is 3.47. The molecule has 0 spiro atoms. The van der Waals surface area contributed by atoms with Gasteiger partial charge < -0.3 is 15.7 Å². The van der Waals surface area contributed by atoms with Gasteiger partial charge in [-0.15, -0.1) is 0 Å². The molecule has 0 bridgehead atoms. The molecule has 0 aliphatic carbocycles. The van der Waals surface area contributed by atoms with Gasteiger partial charge in [-0.3, -0.25) is 4.79 Å². The summed E-state index contributed by atoms with van der Waals surface area (Å²) in [5, 5.41) is 15.3.